The first-order chi connectivity index (χ1) is 12.5. The maximum atomic E-state index is 12.2. The molecule has 0 fully saturated rings. The molecule has 0 aliphatic rings. The smallest absolute Gasteiger partial charge is 0.342 e. The molecule has 138 valence electrons. The van der Waals surface area contributed by atoms with Gasteiger partial charge in [-0.2, -0.15) is 0 Å². The lowest BCUT2D eigenvalue weighted by Crippen LogP contribution is -2.31. The van der Waals surface area contributed by atoms with Crippen LogP contribution in [0.15, 0.2) is 42.5 Å². The van der Waals surface area contributed by atoms with E-state index in [4.69, 9.17) is 14.2 Å². The predicted molar refractivity (Wildman–Crippen MR) is 97.5 cm³/mol. The summed E-state index contributed by atoms with van der Waals surface area (Å²) in [5.41, 5.74) is 2.39. The minimum absolute atomic E-state index is 0.239. The van der Waals surface area contributed by atoms with Crippen LogP contribution in [0.4, 0.5) is 0 Å². The first-order valence-electron chi connectivity index (χ1n) is 8.14. The molecule has 0 bridgehead atoms. The van der Waals surface area contributed by atoms with Gasteiger partial charge in [0.25, 0.3) is 5.91 Å². The quantitative estimate of drug-likeness (QED) is 0.713. The largest absolute Gasteiger partial charge is 0.497 e. The summed E-state index contributed by atoms with van der Waals surface area (Å²) in [5, 5.41) is 0. The number of benzene rings is 2. The molecule has 0 heterocycles. The number of amides is 1. The summed E-state index contributed by atoms with van der Waals surface area (Å²) in [6.45, 7) is 2.11. The summed E-state index contributed by atoms with van der Waals surface area (Å²) in [7, 11) is 4.65. The van der Waals surface area contributed by atoms with Crippen molar-refractivity contribution < 1.29 is 23.8 Å². The normalized spacial score (nSPS) is 10.2. The number of hydrogen-bond donors (Lipinski definition) is 0. The molecule has 1 amide bonds. The van der Waals surface area contributed by atoms with Gasteiger partial charge < -0.3 is 19.1 Å². The van der Waals surface area contributed by atoms with Crippen molar-refractivity contribution >= 4 is 11.9 Å². The molecule has 2 aromatic rings. The van der Waals surface area contributed by atoms with Crippen LogP contribution in [-0.2, 0) is 16.1 Å². The van der Waals surface area contributed by atoms with Crippen molar-refractivity contribution in [2.75, 3.05) is 27.9 Å². The standard InChI is InChI=1S/C20H23NO5/c1-14-7-5-6-8-15(14)12-21(2)19(22)13-26-20(23)17-10-9-16(24-3)11-18(17)25-4/h5-11H,12-13H2,1-4H3. The maximum absolute atomic E-state index is 12.2. The van der Waals surface area contributed by atoms with Crippen molar-refractivity contribution in [3.8, 4) is 11.5 Å². The van der Waals surface area contributed by atoms with Crippen molar-refractivity contribution in [2.45, 2.75) is 13.5 Å². The number of nitrogens with zero attached hydrogens (tertiary/aromatic N) is 1. The fourth-order valence-corrected chi connectivity index (χ4v) is 2.41. The molecule has 0 N–H and O–H groups in total. The van der Waals surface area contributed by atoms with Crippen molar-refractivity contribution in [1.82, 2.24) is 4.90 Å². The summed E-state index contributed by atoms with van der Waals surface area (Å²) in [6, 6.07) is 12.6. The Morgan fingerprint density at radius 2 is 1.77 bits per heavy atom. The molecule has 0 spiro atoms. The van der Waals surface area contributed by atoms with Crippen LogP contribution in [0.3, 0.4) is 0 Å². The van der Waals surface area contributed by atoms with Crippen LogP contribution in [-0.4, -0.2) is 44.7 Å². The van der Waals surface area contributed by atoms with Gasteiger partial charge >= 0.3 is 5.97 Å². The van der Waals surface area contributed by atoms with Crippen molar-refractivity contribution in [3.05, 3.63) is 59.2 Å². The summed E-state index contributed by atoms with van der Waals surface area (Å²) in [5.74, 6) is -0.0151. The second-order valence-corrected chi connectivity index (χ2v) is 5.82. The molecule has 0 aliphatic carbocycles. The lowest BCUT2D eigenvalue weighted by atomic mass is 10.1. The SMILES string of the molecule is COc1ccc(C(=O)OCC(=O)N(C)Cc2ccccc2C)c(OC)c1. The predicted octanol–water partition coefficient (Wildman–Crippen LogP) is 2.83. The second kappa shape index (κ2) is 8.89. The fraction of sp³-hybridized carbons (Fsp3) is 0.300. The van der Waals surface area contributed by atoms with Gasteiger partial charge in [-0.3, -0.25) is 4.79 Å². The molecule has 0 radical (unpaired) electrons. The average molecular weight is 357 g/mol. The van der Waals surface area contributed by atoms with Gasteiger partial charge in [0.1, 0.15) is 17.1 Å². The molecule has 6 heteroatoms. The van der Waals surface area contributed by atoms with E-state index >= 15 is 0 Å². The van der Waals surface area contributed by atoms with Gasteiger partial charge in [-0.15, -0.1) is 0 Å². The number of aryl methyl sites for hydroxylation is 1. The number of hydrogen-bond acceptors (Lipinski definition) is 5. The van der Waals surface area contributed by atoms with Gasteiger partial charge in [-0.05, 0) is 30.2 Å². The van der Waals surface area contributed by atoms with E-state index in [9.17, 15) is 9.59 Å². The summed E-state index contributed by atoms with van der Waals surface area (Å²) in [6.07, 6.45) is 0. The fourth-order valence-electron chi connectivity index (χ4n) is 2.41. The first-order valence-corrected chi connectivity index (χ1v) is 8.14. The lowest BCUT2D eigenvalue weighted by molar-refractivity contribution is -0.133. The van der Waals surface area contributed by atoms with E-state index in [0.29, 0.717) is 18.0 Å². The Balaban J connectivity index is 1.96. The molecule has 0 atom stereocenters. The Morgan fingerprint density at radius 1 is 1.04 bits per heavy atom. The number of esters is 1. The molecular formula is C20H23NO5. The minimum Gasteiger partial charge on any atom is -0.497 e. The van der Waals surface area contributed by atoms with E-state index in [1.165, 1.54) is 19.1 Å². The molecular weight excluding hydrogens is 334 g/mol. The number of carbonyl (C=O) groups is 2. The molecule has 2 rings (SSSR count). The highest BCUT2D eigenvalue weighted by molar-refractivity contribution is 5.94. The highest BCUT2D eigenvalue weighted by Gasteiger charge is 2.18. The van der Waals surface area contributed by atoms with Crippen molar-refractivity contribution in [3.63, 3.8) is 0 Å². The highest BCUT2D eigenvalue weighted by atomic mass is 16.5. The zero-order valence-corrected chi connectivity index (χ0v) is 15.4. The van der Waals surface area contributed by atoms with Crippen LogP contribution < -0.4 is 9.47 Å². The van der Waals surface area contributed by atoms with E-state index in [-0.39, 0.29) is 18.1 Å². The molecule has 0 aliphatic heterocycles. The molecule has 6 nitrogen and oxygen atoms in total. The van der Waals surface area contributed by atoms with Crippen LogP contribution in [0.25, 0.3) is 0 Å². The third-order valence-corrected chi connectivity index (χ3v) is 4.05. The van der Waals surface area contributed by atoms with Gasteiger partial charge in [0.05, 0.1) is 14.2 Å². The summed E-state index contributed by atoms with van der Waals surface area (Å²) < 4.78 is 15.4. The number of carbonyl (C=O) groups excluding carboxylic acids is 2. The molecule has 0 unspecified atom stereocenters. The molecule has 2 aromatic carbocycles. The van der Waals surface area contributed by atoms with Gasteiger partial charge in [0.15, 0.2) is 6.61 Å². The number of methoxy groups -OCH3 is 2. The first kappa shape index (κ1) is 19.3. The van der Waals surface area contributed by atoms with Gasteiger partial charge in [0.2, 0.25) is 0 Å². The van der Waals surface area contributed by atoms with Gasteiger partial charge in [-0.1, -0.05) is 24.3 Å². The Labute approximate surface area is 153 Å². The van der Waals surface area contributed by atoms with Crippen molar-refractivity contribution in [1.29, 1.82) is 0 Å². The van der Waals surface area contributed by atoms with E-state index in [2.05, 4.69) is 0 Å². The van der Waals surface area contributed by atoms with E-state index in [1.807, 2.05) is 31.2 Å². The zero-order valence-electron chi connectivity index (χ0n) is 15.4. The van der Waals surface area contributed by atoms with Crippen LogP contribution in [0, 0.1) is 6.92 Å². The Bertz CT molecular complexity index is 788. The van der Waals surface area contributed by atoms with E-state index < -0.39 is 5.97 Å². The number of ether oxygens (including phenoxy) is 3. The van der Waals surface area contributed by atoms with Gasteiger partial charge in [0, 0.05) is 19.7 Å². The monoisotopic (exact) mass is 357 g/mol. The topological polar surface area (TPSA) is 65.1 Å². The van der Waals surface area contributed by atoms with Crippen LogP contribution in [0.1, 0.15) is 21.5 Å². The third kappa shape index (κ3) is 4.75. The van der Waals surface area contributed by atoms with Crippen LogP contribution in [0.5, 0.6) is 11.5 Å². The van der Waals surface area contributed by atoms with Crippen LogP contribution in [0.2, 0.25) is 0 Å². The zero-order chi connectivity index (χ0) is 19.1. The Morgan fingerprint density at radius 3 is 2.42 bits per heavy atom. The van der Waals surface area contributed by atoms with E-state index in [0.717, 1.165) is 11.1 Å². The average Bonchev–Trinajstić information content (AvgIpc) is 2.66. The summed E-state index contributed by atoms with van der Waals surface area (Å²) in [4.78, 5) is 26.0. The second-order valence-electron chi connectivity index (χ2n) is 5.82. The molecule has 0 aromatic heterocycles. The lowest BCUT2D eigenvalue weighted by Gasteiger charge is -2.18. The third-order valence-electron chi connectivity index (χ3n) is 4.05. The minimum atomic E-state index is -0.623. The number of rotatable bonds is 7. The van der Waals surface area contributed by atoms with Crippen LogP contribution >= 0.6 is 0 Å². The Kier molecular flexibility index (Phi) is 6.60. The molecule has 26 heavy (non-hydrogen) atoms. The molecule has 0 saturated carbocycles. The summed E-state index contributed by atoms with van der Waals surface area (Å²) >= 11 is 0. The van der Waals surface area contributed by atoms with Crippen molar-refractivity contribution in [2.24, 2.45) is 0 Å². The number of likely N-dealkylation sites (N-methyl/N-ethyl adjacent to an activating group) is 1. The van der Waals surface area contributed by atoms with E-state index in [1.54, 1.807) is 25.2 Å². The molecule has 0 saturated heterocycles. The highest BCUT2D eigenvalue weighted by Crippen LogP contribution is 2.25. The Hall–Kier alpha value is -3.02. The van der Waals surface area contributed by atoms with Gasteiger partial charge in [-0.25, -0.2) is 4.79 Å². The maximum Gasteiger partial charge on any atom is 0.342 e.